The van der Waals surface area contributed by atoms with E-state index in [-0.39, 0.29) is 23.0 Å². The molecule has 1 aliphatic heterocycles. The third-order valence-electron chi connectivity index (χ3n) is 5.22. The van der Waals surface area contributed by atoms with Crippen LogP contribution in [0.3, 0.4) is 0 Å². The molecule has 0 aliphatic carbocycles. The van der Waals surface area contributed by atoms with Crippen molar-refractivity contribution in [3.63, 3.8) is 0 Å². The zero-order chi connectivity index (χ0) is 22.0. The van der Waals surface area contributed by atoms with Crippen molar-refractivity contribution in [1.29, 1.82) is 0 Å². The molecule has 1 saturated heterocycles. The van der Waals surface area contributed by atoms with Crippen molar-refractivity contribution in [3.8, 4) is 0 Å². The van der Waals surface area contributed by atoms with Crippen LogP contribution >= 0.6 is 0 Å². The number of nitro groups is 2. The molecule has 0 bridgehead atoms. The molecule has 30 heavy (non-hydrogen) atoms. The molecule has 0 aromatic heterocycles. The molecule has 0 radical (unpaired) electrons. The van der Waals surface area contributed by atoms with E-state index in [0.717, 1.165) is 17.7 Å². The van der Waals surface area contributed by atoms with Gasteiger partial charge in [0.25, 0.3) is 17.3 Å². The van der Waals surface area contributed by atoms with Gasteiger partial charge in [0.05, 0.1) is 27.2 Å². The molecule has 10 heteroatoms. The lowest BCUT2D eigenvalue weighted by molar-refractivity contribution is -0.394. The highest BCUT2D eigenvalue weighted by Crippen LogP contribution is 2.29. The summed E-state index contributed by atoms with van der Waals surface area (Å²) in [6.07, 6.45) is 1.36. The number of hydrogen-bond donors (Lipinski definition) is 1. The molecule has 1 fully saturated rings. The monoisotopic (exact) mass is 416 g/mol. The number of carbonyl (C=O) groups is 1. The van der Waals surface area contributed by atoms with Crippen molar-refractivity contribution in [3.05, 3.63) is 73.1 Å². The van der Waals surface area contributed by atoms with Gasteiger partial charge in [0.15, 0.2) is 0 Å². The third-order valence-corrected chi connectivity index (χ3v) is 5.22. The number of benzene rings is 2. The van der Waals surface area contributed by atoms with Gasteiger partial charge in [-0.05, 0) is 44.4 Å². The number of amides is 1. The van der Waals surface area contributed by atoms with E-state index in [4.69, 9.17) is 0 Å². The third kappa shape index (κ3) is 4.37. The van der Waals surface area contributed by atoms with Gasteiger partial charge in [-0.2, -0.15) is 0 Å². The van der Waals surface area contributed by atoms with Crippen molar-refractivity contribution in [2.75, 3.05) is 18.0 Å². The summed E-state index contributed by atoms with van der Waals surface area (Å²) in [5, 5.41) is 25.1. The smallest absolute Gasteiger partial charge is 0.279 e. The number of rotatable bonds is 5. The van der Waals surface area contributed by atoms with Crippen LogP contribution in [0.15, 0.2) is 30.3 Å². The van der Waals surface area contributed by atoms with Gasteiger partial charge in [-0.3, -0.25) is 25.0 Å². The molecule has 0 saturated carbocycles. The summed E-state index contributed by atoms with van der Waals surface area (Å²) in [5.41, 5.74) is 0.300. The number of non-ortho nitro benzene ring substituents is 1. The lowest BCUT2D eigenvalue weighted by Crippen LogP contribution is -2.48. The number of halogens is 1. The molecule has 0 spiro atoms. The molecule has 1 aliphatic rings. The first kappa shape index (κ1) is 21.2. The van der Waals surface area contributed by atoms with Crippen LogP contribution in [0.5, 0.6) is 0 Å². The van der Waals surface area contributed by atoms with E-state index in [1.54, 1.807) is 12.1 Å². The summed E-state index contributed by atoms with van der Waals surface area (Å²) < 4.78 is 14.2. The maximum atomic E-state index is 14.2. The molecule has 1 unspecified atom stereocenters. The molecular formula is C20H21FN4O5. The topological polar surface area (TPSA) is 119 Å². The van der Waals surface area contributed by atoms with E-state index in [1.165, 1.54) is 13.0 Å². The van der Waals surface area contributed by atoms with E-state index < -0.39 is 27.1 Å². The molecule has 3 rings (SSSR count). The average Bonchev–Trinajstić information content (AvgIpc) is 2.69. The fourth-order valence-corrected chi connectivity index (χ4v) is 3.66. The Morgan fingerprint density at radius 1 is 1.17 bits per heavy atom. The van der Waals surface area contributed by atoms with Crippen molar-refractivity contribution in [2.24, 2.45) is 0 Å². The lowest BCUT2D eigenvalue weighted by Gasteiger charge is -2.35. The Morgan fingerprint density at radius 3 is 2.57 bits per heavy atom. The molecule has 1 N–H and O–H groups in total. The summed E-state index contributed by atoms with van der Waals surface area (Å²) in [4.78, 5) is 35.5. The number of nitro benzene ring substituents is 2. The highest BCUT2D eigenvalue weighted by atomic mass is 19.1. The molecule has 1 atom stereocenters. The van der Waals surface area contributed by atoms with Gasteiger partial charge in [-0.15, -0.1) is 0 Å². The Balaban J connectivity index is 1.83. The second kappa shape index (κ2) is 8.44. The fourth-order valence-electron chi connectivity index (χ4n) is 3.66. The summed E-state index contributed by atoms with van der Waals surface area (Å²) in [7, 11) is 0. The van der Waals surface area contributed by atoms with E-state index in [9.17, 15) is 29.4 Å². The van der Waals surface area contributed by atoms with Crippen LogP contribution in [0.25, 0.3) is 0 Å². The number of aryl methyl sites for hydroxylation is 1. The summed E-state index contributed by atoms with van der Waals surface area (Å²) in [6, 6.07) is 6.38. The second-order valence-electron chi connectivity index (χ2n) is 7.37. The number of piperidine rings is 1. The maximum Gasteiger partial charge on any atom is 0.279 e. The summed E-state index contributed by atoms with van der Waals surface area (Å²) >= 11 is 0. The van der Waals surface area contributed by atoms with Gasteiger partial charge >= 0.3 is 0 Å². The van der Waals surface area contributed by atoms with Gasteiger partial charge in [0.1, 0.15) is 5.82 Å². The van der Waals surface area contributed by atoms with Crippen molar-refractivity contribution >= 4 is 23.0 Å². The first-order chi connectivity index (χ1) is 14.2. The quantitative estimate of drug-likeness (QED) is 0.587. The minimum absolute atomic E-state index is 0.0560. The second-order valence-corrected chi connectivity index (χ2v) is 7.37. The Bertz CT molecular complexity index is 1030. The standard InChI is InChI=1S/C20H21FN4O5/c1-12-5-6-17(21)19(8-12)23-7-3-4-14(11-23)22-20(26)16-9-15(24(27)28)10-18(13(16)2)25(29)30/h5-6,8-10,14H,3-4,7,11H2,1-2H3,(H,22,26). The normalized spacial score (nSPS) is 16.2. The number of hydrogen-bond acceptors (Lipinski definition) is 6. The van der Waals surface area contributed by atoms with Gasteiger partial charge in [-0.1, -0.05) is 6.07 Å². The number of nitrogens with one attached hydrogen (secondary N) is 1. The Hall–Kier alpha value is -3.56. The van der Waals surface area contributed by atoms with Gasteiger partial charge < -0.3 is 10.2 Å². The molecular weight excluding hydrogens is 395 g/mol. The zero-order valence-electron chi connectivity index (χ0n) is 16.6. The maximum absolute atomic E-state index is 14.2. The van der Waals surface area contributed by atoms with E-state index >= 15 is 0 Å². The Labute approximate surface area is 171 Å². The fraction of sp³-hybridized carbons (Fsp3) is 0.350. The van der Waals surface area contributed by atoms with Crippen LogP contribution in [0.1, 0.15) is 34.3 Å². The minimum atomic E-state index is -0.772. The summed E-state index contributed by atoms with van der Waals surface area (Å²) in [5.74, 6) is -0.978. The molecule has 158 valence electrons. The number of anilines is 1. The predicted octanol–water partition coefficient (Wildman–Crippen LogP) is 3.66. The highest BCUT2D eigenvalue weighted by molar-refractivity contribution is 5.97. The van der Waals surface area contributed by atoms with Crippen LogP contribution in [-0.2, 0) is 0 Å². The van der Waals surface area contributed by atoms with Crippen molar-refractivity contribution in [2.45, 2.75) is 32.7 Å². The van der Waals surface area contributed by atoms with Crippen molar-refractivity contribution < 1.29 is 19.0 Å². The minimum Gasteiger partial charge on any atom is -0.367 e. The Kier molecular flexibility index (Phi) is 5.95. The molecule has 1 amide bonds. The summed E-state index contributed by atoms with van der Waals surface area (Å²) in [6.45, 7) is 4.24. The zero-order valence-corrected chi connectivity index (χ0v) is 16.6. The van der Waals surface area contributed by atoms with Gasteiger partial charge in [0, 0.05) is 30.8 Å². The van der Waals surface area contributed by atoms with Crippen LogP contribution in [0, 0.1) is 39.9 Å². The van der Waals surface area contributed by atoms with Crippen LogP contribution in [0.2, 0.25) is 0 Å². The number of carbonyl (C=O) groups excluding carboxylic acids is 1. The van der Waals surface area contributed by atoms with Crippen molar-refractivity contribution in [1.82, 2.24) is 5.32 Å². The molecule has 1 heterocycles. The Morgan fingerprint density at radius 2 is 1.90 bits per heavy atom. The highest BCUT2D eigenvalue weighted by Gasteiger charge is 2.28. The molecule has 2 aromatic rings. The van der Waals surface area contributed by atoms with E-state index in [0.29, 0.717) is 31.6 Å². The average molecular weight is 416 g/mol. The first-order valence-corrected chi connectivity index (χ1v) is 9.42. The SMILES string of the molecule is Cc1ccc(F)c(N2CCCC(NC(=O)c3cc([N+](=O)[O-])cc([N+](=O)[O-])c3C)C2)c1. The molecule has 9 nitrogen and oxygen atoms in total. The predicted molar refractivity (Wildman–Crippen MR) is 108 cm³/mol. The van der Waals surface area contributed by atoms with E-state index in [1.807, 2.05) is 11.8 Å². The van der Waals surface area contributed by atoms with Crippen LogP contribution in [0.4, 0.5) is 21.5 Å². The largest absolute Gasteiger partial charge is 0.367 e. The number of nitrogens with zero attached hydrogens (tertiary/aromatic N) is 3. The van der Waals surface area contributed by atoms with Gasteiger partial charge in [-0.25, -0.2) is 4.39 Å². The van der Waals surface area contributed by atoms with Crippen LogP contribution < -0.4 is 10.2 Å². The first-order valence-electron chi connectivity index (χ1n) is 9.42. The van der Waals surface area contributed by atoms with E-state index in [2.05, 4.69) is 5.32 Å². The lowest BCUT2D eigenvalue weighted by atomic mass is 10.0. The molecule has 2 aromatic carbocycles. The van der Waals surface area contributed by atoms with Crippen LogP contribution in [-0.4, -0.2) is 34.9 Å². The van der Waals surface area contributed by atoms with Gasteiger partial charge in [0.2, 0.25) is 0 Å².